The highest BCUT2D eigenvalue weighted by atomic mass is 16.3. The van der Waals surface area contributed by atoms with Gasteiger partial charge in [0.15, 0.2) is 5.69 Å². The van der Waals surface area contributed by atoms with Crippen molar-refractivity contribution in [3.63, 3.8) is 0 Å². The molecule has 2 aromatic rings. The molecule has 9 heteroatoms. The average molecular weight is 331 g/mol. The van der Waals surface area contributed by atoms with Crippen LogP contribution in [0.25, 0.3) is 0 Å². The van der Waals surface area contributed by atoms with Gasteiger partial charge in [-0.15, -0.1) is 5.10 Å². The lowest BCUT2D eigenvalue weighted by atomic mass is 9.88. The Morgan fingerprint density at radius 1 is 1.42 bits per heavy atom. The summed E-state index contributed by atoms with van der Waals surface area (Å²) in [6.07, 6.45) is 3.20. The van der Waals surface area contributed by atoms with Crippen LogP contribution in [0, 0.1) is 0 Å². The number of nitrogens with zero attached hydrogens (tertiary/aromatic N) is 4. The summed E-state index contributed by atoms with van der Waals surface area (Å²) in [6.45, 7) is 1.95. The standard InChI is InChI=1S/C15H17N5O4/c1-15(24)9-19(13(22)10-3-2-6-16-18-10)7-4-11(15)20-8-5-12(21)17-14(20)23/h2-3,5-6,8,11,24H,4,7,9H2,1H3,(H,17,21,23)/t11-,15-/m1/s1. The maximum atomic E-state index is 12.4. The van der Waals surface area contributed by atoms with Crippen molar-refractivity contribution in [2.45, 2.75) is 25.0 Å². The number of carbonyl (C=O) groups excluding carboxylic acids is 1. The molecule has 0 unspecified atom stereocenters. The van der Waals surface area contributed by atoms with E-state index in [1.807, 2.05) is 0 Å². The van der Waals surface area contributed by atoms with Crippen LogP contribution in [-0.4, -0.2) is 54.4 Å². The van der Waals surface area contributed by atoms with Crippen LogP contribution in [0.1, 0.15) is 29.9 Å². The Morgan fingerprint density at radius 2 is 2.21 bits per heavy atom. The predicted molar refractivity (Wildman–Crippen MR) is 83.5 cm³/mol. The van der Waals surface area contributed by atoms with Crippen molar-refractivity contribution < 1.29 is 9.90 Å². The molecule has 1 fully saturated rings. The van der Waals surface area contributed by atoms with E-state index >= 15 is 0 Å². The zero-order chi connectivity index (χ0) is 17.3. The van der Waals surface area contributed by atoms with E-state index in [1.165, 1.54) is 27.9 Å². The number of amides is 1. The molecule has 126 valence electrons. The van der Waals surface area contributed by atoms with Crippen LogP contribution >= 0.6 is 0 Å². The molecule has 0 radical (unpaired) electrons. The highest BCUT2D eigenvalue weighted by molar-refractivity contribution is 5.92. The summed E-state index contributed by atoms with van der Waals surface area (Å²) in [5.74, 6) is -0.323. The molecule has 3 rings (SSSR count). The second-order valence-electron chi connectivity index (χ2n) is 6.01. The first-order chi connectivity index (χ1) is 11.4. The predicted octanol–water partition coefficient (Wildman–Crippen LogP) is -0.835. The minimum Gasteiger partial charge on any atom is -0.386 e. The van der Waals surface area contributed by atoms with E-state index in [4.69, 9.17) is 0 Å². The first-order valence-electron chi connectivity index (χ1n) is 7.49. The fourth-order valence-electron chi connectivity index (χ4n) is 3.02. The number of nitrogens with one attached hydrogen (secondary N) is 1. The Kier molecular flexibility index (Phi) is 4.02. The molecule has 9 nitrogen and oxygen atoms in total. The van der Waals surface area contributed by atoms with E-state index in [1.54, 1.807) is 19.1 Å². The topological polar surface area (TPSA) is 121 Å². The van der Waals surface area contributed by atoms with Crippen LogP contribution < -0.4 is 11.2 Å². The Labute approximate surface area is 136 Å². The molecular weight excluding hydrogens is 314 g/mol. The fraction of sp³-hybridized carbons (Fsp3) is 0.400. The molecule has 3 heterocycles. The molecule has 1 saturated heterocycles. The first kappa shape index (κ1) is 16.1. The number of hydrogen-bond donors (Lipinski definition) is 2. The summed E-state index contributed by atoms with van der Waals surface area (Å²) in [5, 5.41) is 18.2. The number of β-amino-alcohol motifs (C(OH)–C–C–N with tert-alkyl or cyclic N) is 1. The summed E-state index contributed by atoms with van der Waals surface area (Å²) in [5.41, 5.74) is -2.21. The van der Waals surface area contributed by atoms with Crippen molar-refractivity contribution >= 4 is 5.91 Å². The Morgan fingerprint density at radius 3 is 2.83 bits per heavy atom. The Balaban J connectivity index is 1.84. The molecule has 0 aromatic carbocycles. The number of likely N-dealkylation sites (tertiary alicyclic amines) is 1. The molecule has 0 aliphatic carbocycles. The maximum Gasteiger partial charge on any atom is 0.328 e. The molecule has 0 saturated carbocycles. The van der Waals surface area contributed by atoms with E-state index in [9.17, 15) is 19.5 Å². The van der Waals surface area contributed by atoms with Gasteiger partial charge in [0, 0.05) is 25.0 Å². The van der Waals surface area contributed by atoms with Crippen LogP contribution in [0.15, 0.2) is 40.2 Å². The van der Waals surface area contributed by atoms with E-state index in [-0.39, 0.29) is 18.1 Å². The number of H-pyrrole nitrogens is 1. The van der Waals surface area contributed by atoms with Gasteiger partial charge >= 0.3 is 5.69 Å². The second kappa shape index (κ2) is 6.00. The van der Waals surface area contributed by atoms with Crippen molar-refractivity contribution in [1.82, 2.24) is 24.6 Å². The molecule has 1 aliphatic heterocycles. The van der Waals surface area contributed by atoms with Gasteiger partial charge in [0.05, 0.1) is 12.6 Å². The average Bonchev–Trinajstić information content (AvgIpc) is 2.55. The van der Waals surface area contributed by atoms with Gasteiger partial charge in [0.25, 0.3) is 11.5 Å². The molecule has 24 heavy (non-hydrogen) atoms. The molecule has 2 N–H and O–H groups in total. The Hall–Kier alpha value is -2.81. The smallest absolute Gasteiger partial charge is 0.328 e. The molecule has 0 spiro atoms. The van der Waals surface area contributed by atoms with Gasteiger partial charge in [0.1, 0.15) is 5.60 Å². The van der Waals surface area contributed by atoms with Crippen molar-refractivity contribution in [2.24, 2.45) is 0 Å². The number of aliphatic hydroxyl groups is 1. The number of piperidine rings is 1. The van der Waals surface area contributed by atoms with E-state index in [0.29, 0.717) is 13.0 Å². The number of hydrogen-bond acceptors (Lipinski definition) is 6. The lowest BCUT2D eigenvalue weighted by Gasteiger charge is -2.43. The van der Waals surface area contributed by atoms with Crippen molar-refractivity contribution in [3.05, 3.63) is 57.1 Å². The fourth-order valence-corrected chi connectivity index (χ4v) is 3.02. The van der Waals surface area contributed by atoms with Gasteiger partial charge in [-0.3, -0.25) is 19.1 Å². The molecular formula is C15H17N5O4. The maximum absolute atomic E-state index is 12.4. The molecule has 2 aromatic heterocycles. The number of aromatic amines is 1. The van der Waals surface area contributed by atoms with Gasteiger partial charge in [-0.25, -0.2) is 4.79 Å². The third-order valence-electron chi connectivity index (χ3n) is 4.17. The quantitative estimate of drug-likeness (QED) is 0.740. The number of rotatable bonds is 2. The summed E-state index contributed by atoms with van der Waals surface area (Å²) in [6, 6.07) is 3.86. The summed E-state index contributed by atoms with van der Waals surface area (Å²) in [7, 11) is 0. The summed E-state index contributed by atoms with van der Waals surface area (Å²) >= 11 is 0. The lowest BCUT2D eigenvalue weighted by Crippen LogP contribution is -2.56. The summed E-state index contributed by atoms with van der Waals surface area (Å²) < 4.78 is 1.30. The molecule has 1 amide bonds. The van der Waals surface area contributed by atoms with E-state index < -0.39 is 22.9 Å². The van der Waals surface area contributed by atoms with Crippen molar-refractivity contribution in [3.8, 4) is 0 Å². The highest BCUT2D eigenvalue weighted by Gasteiger charge is 2.41. The minimum atomic E-state index is -1.34. The number of carbonyl (C=O) groups is 1. The normalized spacial score (nSPS) is 23.9. The SMILES string of the molecule is C[C@@]1(O)CN(C(=O)c2cccnn2)CC[C@H]1n1ccc(=O)[nH]c1=O. The van der Waals surface area contributed by atoms with Crippen LogP contribution in [0.4, 0.5) is 0 Å². The zero-order valence-electron chi connectivity index (χ0n) is 13.0. The minimum absolute atomic E-state index is 0.0403. The Bertz CT molecular complexity index is 858. The van der Waals surface area contributed by atoms with Crippen molar-refractivity contribution in [1.29, 1.82) is 0 Å². The monoisotopic (exact) mass is 331 g/mol. The van der Waals surface area contributed by atoms with Gasteiger partial charge < -0.3 is 10.0 Å². The third-order valence-corrected chi connectivity index (χ3v) is 4.17. The molecule has 1 aliphatic rings. The van der Waals surface area contributed by atoms with Crippen LogP contribution in [0.3, 0.4) is 0 Å². The van der Waals surface area contributed by atoms with Gasteiger partial charge in [-0.2, -0.15) is 5.10 Å². The number of aromatic nitrogens is 4. The first-order valence-corrected chi connectivity index (χ1v) is 7.49. The van der Waals surface area contributed by atoms with Crippen molar-refractivity contribution in [2.75, 3.05) is 13.1 Å². The zero-order valence-corrected chi connectivity index (χ0v) is 13.0. The molecule has 0 bridgehead atoms. The van der Waals surface area contributed by atoms with Crippen LogP contribution in [0.2, 0.25) is 0 Å². The van der Waals surface area contributed by atoms with E-state index in [0.717, 1.165) is 0 Å². The largest absolute Gasteiger partial charge is 0.386 e. The van der Waals surface area contributed by atoms with Gasteiger partial charge in [0.2, 0.25) is 0 Å². The molecule has 2 atom stereocenters. The van der Waals surface area contributed by atoms with E-state index in [2.05, 4.69) is 15.2 Å². The lowest BCUT2D eigenvalue weighted by molar-refractivity contribution is -0.0505. The van der Waals surface area contributed by atoms with Gasteiger partial charge in [-0.1, -0.05) is 0 Å². The van der Waals surface area contributed by atoms with Crippen LogP contribution in [0.5, 0.6) is 0 Å². The summed E-state index contributed by atoms with van der Waals surface area (Å²) in [4.78, 5) is 39.2. The highest BCUT2D eigenvalue weighted by Crippen LogP contribution is 2.31. The second-order valence-corrected chi connectivity index (χ2v) is 6.01. The van der Waals surface area contributed by atoms with Crippen LogP contribution in [-0.2, 0) is 0 Å². The third kappa shape index (κ3) is 2.98. The van der Waals surface area contributed by atoms with Gasteiger partial charge in [-0.05, 0) is 25.5 Å².